The normalized spacial score (nSPS) is 10.5. The van der Waals surface area contributed by atoms with Crippen LogP contribution >= 0.6 is 0 Å². The number of aryl methyl sites for hydroxylation is 1. The van der Waals surface area contributed by atoms with Gasteiger partial charge in [0.2, 0.25) is 0 Å². The van der Waals surface area contributed by atoms with Gasteiger partial charge in [0.05, 0.1) is 6.20 Å². The smallest absolute Gasteiger partial charge is 0.168 e. The van der Waals surface area contributed by atoms with Crippen molar-refractivity contribution in [1.29, 1.82) is 0 Å². The minimum Gasteiger partial charge on any atom is -0.368 e. The fourth-order valence-corrected chi connectivity index (χ4v) is 1.44. The Balaban J connectivity index is 1.78. The minimum atomic E-state index is -0.678. The average Bonchev–Trinajstić information content (AvgIpc) is 2.79. The van der Waals surface area contributed by atoms with Crippen molar-refractivity contribution in [3.8, 4) is 0 Å². The number of pyridine rings is 1. The van der Waals surface area contributed by atoms with Gasteiger partial charge in [0.1, 0.15) is 11.6 Å². The molecule has 0 aliphatic heterocycles. The molecular formula is C11H12F2N4. The number of aromatic nitrogens is 3. The van der Waals surface area contributed by atoms with E-state index in [1.165, 1.54) is 0 Å². The summed E-state index contributed by atoms with van der Waals surface area (Å²) in [7, 11) is 0. The van der Waals surface area contributed by atoms with Crippen LogP contribution in [-0.4, -0.2) is 21.5 Å². The molecule has 0 saturated carbocycles. The molecule has 2 heterocycles. The fourth-order valence-electron chi connectivity index (χ4n) is 1.44. The Hall–Kier alpha value is -1.98. The molecule has 17 heavy (non-hydrogen) atoms. The number of rotatable bonds is 5. The number of H-pyrrole nitrogens is 1. The molecule has 0 aliphatic carbocycles. The summed E-state index contributed by atoms with van der Waals surface area (Å²) in [5.41, 5.74) is 0. The molecular weight excluding hydrogens is 226 g/mol. The molecule has 0 atom stereocenters. The van der Waals surface area contributed by atoms with E-state index in [0.29, 0.717) is 6.54 Å². The van der Waals surface area contributed by atoms with Crippen molar-refractivity contribution in [3.63, 3.8) is 0 Å². The van der Waals surface area contributed by atoms with Crippen LogP contribution in [0.5, 0.6) is 0 Å². The summed E-state index contributed by atoms with van der Waals surface area (Å²) in [6, 6.07) is 0.807. The molecule has 2 N–H and O–H groups in total. The highest BCUT2D eigenvalue weighted by molar-refractivity contribution is 5.35. The Morgan fingerprint density at radius 3 is 2.88 bits per heavy atom. The zero-order chi connectivity index (χ0) is 12.1. The number of hydrogen-bond acceptors (Lipinski definition) is 3. The number of nitrogens with one attached hydrogen (secondary N) is 2. The molecule has 6 heteroatoms. The van der Waals surface area contributed by atoms with E-state index in [0.717, 1.165) is 30.9 Å². The van der Waals surface area contributed by atoms with Crippen molar-refractivity contribution in [3.05, 3.63) is 42.1 Å². The maximum atomic E-state index is 13.2. The average molecular weight is 238 g/mol. The Morgan fingerprint density at radius 2 is 2.18 bits per heavy atom. The molecule has 2 rings (SSSR count). The highest BCUT2D eigenvalue weighted by Gasteiger charge is 2.04. The highest BCUT2D eigenvalue weighted by Crippen LogP contribution is 2.10. The molecule has 4 nitrogen and oxygen atoms in total. The second kappa shape index (κ2) is 5.38. The molecule has 0 aromatic carbocycles. The summed E-state index contributed by atoms with van der Waals surface area (Å²) in [6.07, 6.45) is 5.97. The third-order valence-corrected chi connectivity index (χ3v) is 2.25. The first-order valence-corrected chi connectivity index (χ1v) is 5.29. The van der Waals surface area contributed by atoms with Gasteiger partial charge in [-0.05, 0) is 6.42 Å². The van der Waals surface area contributed by atoms with E-state index in [-0.39, 0.29) is 5.82 Å². The minimum absolute atomic E-state index is 0.0749. The third kappa shape index (κ3) is 3.24. The molecule has 2 aromatic rings. The van der Waals surface area contributed by atoms with E-state index >= 15 is 0 Å². The molecule has 0 saturated heterocycles. The second-order valence-corrected chi connectivity index (χ2v) is 3.55. The summed E-state index contributed by atoms with van der Waals surface area (Å²) in [5.74, 6) is -0.392. The fraction of sp³-hybridized carbons (Fsp3) is 0.273. The van der Waals surface area contributed by atoms with Crippen molar-refractivity contribution in [2.75, 3.05) is 11.9 Å². The molecule has 0 fully saturated rings. The van der Waals surface area contributed by atoms with Crippen LogP contribution in [-0.2, 0) is 6.42 Å². The van der Waals surface area contributed by atoms with Crippen LogP contribution in [0.25, 0.3) is 0 Å². The first-order chi connectivity index (χ1) is 8.25. The zero-order valence-corrected chi connectivity index (χ0v) is 9.08. The van der Waals surface area contributed by atoms with Gasteiger partial charge < -0.3 is 10.3 Å². The number of aromatic amines is 1. The van der Waals surface area contributed by atoms with E-state index in [1.807, 2.05) is 0 Å². The topological polar surface area (TPSA) is 53.6 Å². The Morgan fingerprint density at radius 1 is 1.29 bits per heavy atom. The van der Waals surface area contributed by atoms with E-state index < -0.39 is 11.6 Å². The van der Waals surface area contributed by atoms with Crippen LogP contribution in [0.2, 0.25) is 0 Å². The van der Waals surface area contributed by atoms with Gasteiger partial charge >= 0.3 is 0 Å². The van der Waals surface area contributed by atoms with Crippen molar-refractivity contribution in [2.45, 2.75) is 12.8 Å². The summed E-state index contributed by atoms with van der Waals surface area (Å²) < 4.78 is 25.7. The number of hydrogen-bond donors (Lipinski definition) is 2. The molecule has 0 aliphatic rings. The molecule has 2 aromatic heterocycles. The molecule has 0 radical (unpaired) electrons. The lowest BCUT2D eigenvalue weighted by molar-refractivity contribution is 0.575. The second-order valence-electron chi connectivity index (χ2n) is 3.55. The van der Waals surface area contributed by atoms with Crippen LogP contribution in [0.1, 0.15) is 12.2 Å². The van der Waals surface area contributed by atoms with Crippen LogP contribution in [0.4, 0.5) is 14.6 Å². The Kier molecular flexibility index (Phi) is 3.64. The quantitative estimate of drug-likeness (QED) is 0.784. The predicted molar refractivity (Wildman–Crippen MR) is 59.6 cm³/mol. The number of halogens is 2. The lowest BCUT2D eigenvalue weighted by Gasteiger charge is -2.05. The van der Waals surface area contributed by atoms with Gasteiger partial charge in [-0.3, -0.25) is 0 Å². The predicted octanol–water partition coefficient (Wildman–Crippen LogP) is 2.13. The Labute approximate surface area is 97.1 Å². The van der Waals surface area contributed by atoms with Gasteiger partial charge in [0, 0.05) is 31.4 Å². The van der Waals surface area contributed by atoms with Crippen LogP contribution in [0, 0.1) is 11.6 Å². The highest BCUT2D eigenvalue weighted by atomic mass is 19.1. The summed E-state index contributed by atoms with van der Waals surface area (Å²) in [6.45, 7) is 0.552. The first kappa shape index (κ1) is 11.5. The maximum Gasteiger partial charge on any atom is 0.168 e. The van der Waals surface area contributed by atoms with Gasteiger partial charge in [0.15, 0.2) is 11.6 Å². The number of nitrogens with zero attached hydrogens (tertiary/aromatic N) is 2. The summed E-state index contributed by atoms with van der Waals surface area (Å²) in [5, 5.41) is 2.81. The summed E-state index contributed by atoms with van der Waals surface area (Å²) in [4.78, 5) is 10.7. The van der Waals surface area contributed by atoms with E-state index in [9.17, 15) is 8.78 Å². The monoisotopic (exact) mass is 238 g/mol. The van der Waals surface area contributed by atoms with Gasteiger partial charge in [-0.25, -0.2) is 18.7 Å². The van der Waals surface area contributed by atoms with Crippen molar-refractivity contribution in [1.82, 2.24) is 15.0 Å². The lowest BCUT2D eigenvalue weighted by Crippen LogP contribution is -2.07. The van der Waals surface area contributed by atoms with Crippen LogP contribution in [0.3, 0.4) is 0 Å². The molecule has 0 spiro atoms. The standard InChI is InChI=1S/C11H12F2N4/c12-8-6-9(13)11(17-7-8)16-3-1-2-10-14-4-5-15-10/h4-7H,1-3H2,(H,14,15)(H,16,17). The zero-order valence-electron chi connectivity index (χ0n) is 9.08. The van der Waals surface area contributed by atoms with Gasteiger partial charge in [-0.2, -0.15) is 0 Å². The SMILES string of the molecule is Fc1cnc(NCCCc2ncc[nH]2)c(F)c1. The number of imidazole rings is 1. The van der Waals surface area contributed by atoms with E-state index in [4.69, 9.17) is 0 Å². The molecule has 0 unspecified atom stereocenters. The van der Waals surface area contributed by atoms with Crippen LogP contribution < -0.4 is 5.32 Å². The third-order valence-electron chi connectivity index (χ3n) is 2.25. The first-order valence-electron chi connectivity index (χ1n) is 5.29. The maximum absolute atomic E-state index is 13.2. The van der Waals surface area contributed by atoms with E-state index in [2.05, 4.69) is 20.3 Å². The van der Waals surface area contributed by atoms with Crippen molar-refractivity contribution in [2.24, 2.45) is 0 Å². The number of anilines is 1. The Bertz CT molecular complexity index is 470. The van der Waals surface area contributed by atoms with Gasteiger partial charge in [-0.1, -0.05) is 0 Å². The van der Waals surface area contributed by atoms with Crippen molar-refractivity contribution < 1.29 is 8.78 Å². The lowest BCUT2D eigenvalue weighted by atomic mass is 10.3. The largest absolute Gasteiger partial charge is 0.368 e. The van der Waals surface area contributed by atoms with Crippen LogP contribution in [0.15, 0.2) is 24.7 Å². The van der Waals surface area contributed by atoms with Crippen molar-refractivity contribution >= 4 is 5.82 Å². The molecule has 0 amide bonds. The molecule has 90 valence electrons. The van der Waals surface area contributed by atoms with E-state index in [1.54, 1.807) is 12.4 Å². The summed E-state index contributed by atoms with van der Waals surface area (Å²) >= 11 is 0. The van der Waals surface area contributed by atoms with Gasteiger partial charge in [0.25, 0.3) is 0 Å². The van der Waals surface area contributed by atoms with Gasteiger partial charge in [-0.15, -0.1) is 0 Å². The molecule has 0 bridgehead atoms.